The van der Waals surface area contributed by atoms with Gasteiger partial charge in [-0.3, -0.25) is 14.4 Å². The number of ether oxygens (including phenoxy) is 2. The first-order valence-corrected chi connectivity index (χ1v) is 9.51. The third-order valence-electron chi connectivity index (χ3n) is 4.77. The van der Waals surface area contributed by atoms with Crippen molar-refractivity contribution < 1.29 is 23.9 Å². The molecular formula is C22H24N2O5. The lowest BCUT2D eigenvalue weighted by Gasteiger charge is -2.18. The molecule has 7 nitrogen and oxygen atoms in total. The molecule has 0 saturated carbocycles. The summed E-state index contributed by atoms with van der Waals surface area (Å²) in [6.07, 6.45) is 0.0642. The fraction of sp³-hybridized carbons (Fsp3) is 0.318. The predicted molar refractivity (Wildman–Crippen MR) is 109 cm³/mol. The number of rotatable bonds is 7. The molecule has 1 heterocycles. The van der Waals surface area contributed by atoms with Gasteiger partial charge in [-0.15, -0.1) is 0 Å². The van der Waals surface area contributed by atoms with E-state index in [2.05, 4.69) is 0 Å². The number of likely N-dealkylation sites (N-methyl/N-ethyl adjacent to an activating group) is 1. The van der Waals surface area contributed by atoms with Crippen LogP contribution in [-0.2, 0) is 19.1 Å². The second-order valence-corrected chi connectivity index (χ2v) is 6.73. The van der Waals surface area contributed by atoms with Crippen LogP contribution in [0.4, 0.5) is 11.4 Å². The molecule has 1 aliphatic heterocycles. The van der Waals surface area contributed by atoms with Crippen molar-refractivity contribution in [1.82, 2.24) is 0 Å². The zero-order valence-electron chi connectivity index (χ0n) is 16.5. The maximum atomic E-state index is 12.4. The zero-order valence-corrected chi connectivity index (χ0v) is 16.5. The molecule has 0 aliphatic carbocycles. The van der Waals surface area contributed by atoms with Crippen molar-refractivity contribution in [2.24, 2.45) is 5.92 Å². The number of carbonyl (C=O) groups excluding carboxylic acids is 3. The fourth-order valence-corrected chi connectivity index (χ4v) is 3.15. The van der Waals surface area contributed by atoms with E-state index < -0.39 is 11.9 Å². The second kappa shape index (κ2) is 9.23. The highest BCUT2D eigenvalue weighted by atomic mass is 16.5. The molecule has 0 spiro atoms. The lowest BCUT2D eigenvalue weighted by molar-refractivity contribution is -0.151. The summed E-state index contributed by atoms with van der Waals surface area (Å²) in [6, 6.07) is 16.2. The van der Waals surface area contributed by atoms with E-state index >= 15 is 0 Å². The SMILES string of the molecule is CCOc1ccc(N2CC(C(=O)OCC(=O)N(C)c3ccccc3)CC2=O)cc1. The van der Waals surface area contributed by atoms with Crippen molar-refractivity contribution in [3.8, 4) is 5.75 Å². The minimum Gasteiger partial charge on any atom is -0.494 e. The first kappa shape index (κ1) is 20.4. The van der Waals surface area contributed by atoms with Crippen LogP contribution in [0, 0.1) is 5.92 Å². The van der Waals surface area contributed by atoms with Crippen molar-refractivity contribution in [2.75, 3.05) is 36.6 Å². The molecule has 2 aromatic carbocycles. The maximum Gasteiger partial charge on any atom is 0.311 e. The van der Waals surface area contributed by atoms with Gasteiger partial charge in [-0.2, -0.15) is 0 Å². The molecule has 0 aromatic heterocycles. The van der Waals surface area contributed by atoms with Crippen molar-refractivity contribution in [2.45, 2.75) is 13.3 Å². The largest absolute Gasteiger partial charge is 0.494 e. The number of para-hydroxylation sites is 1. The van der Waals surface area contributed by atoms with E-state index in [1.54, 1.807) is 48.3 Å². The van der Waals surface area contributed by atoms with Gasteiger partial charge in [0.25, 0.3) is 5.91 Å². The van der Waals surface area contributed by atoms with Crippen LogP contribution in [0.15, 0.2) is 54.6 Å². The molecule has 3 rings (SSSR count). The summed E-state index contributed by atoms with van der Waals surface area (Å²) in [4.78, 5) is 40.0. The first-order valence-electron chi connectivity index (χ1n) is 9.51. The number of nitrogens with zero attached hydrogens (tertiary/aromatic N) is 2. The summed E-state index contributed by atoms with van der Waals surface area (Å²) < 4.78 is 10.6. The van der Waals surface area contributed by atoms with Crippen LogP contribution >= 0.6 is 0 Å². The zero-order chi connectivity index (χ0) is 20.8. The third-order valence-corrected chi connectivity index (χ3v) is 4.77. The number of benzene rings is 2. The van der Waals surface area contributed by atoms with E-state index in [4.69, 9.17) is 9.47 Å². The summed E-state index contributed by atoms with van der Waals surface area (Å²) in [7, 11) is 1.62. The summed E-state index contributed by atoms with van der Waals surface area (Å²) >= 11 is 0. The van der Waals surface area contributed by atoms with Crippen LogP contribution in [0.2, 0.25) is 0 Å². The molecule has 0 N–H and O–H groups in total. The van der Waals surface area contributed by atoms with E-state index in [0.29, 0.717) is 18.0 Å². The van der Waals surface area contributed by atoms with Gasteiger partial charge in [-0.05, 0) is 43.3 Å². The van der Waals surface area contributed by atoms with Gasteiger partial charge in [-0.25, -0.2) is 0 Å². The molecule has 0 radical (unpaired) electrons. The Balaban J connectivity index is 1.54. The standard InChI is InChI=1S/C22H24N2O5/c1-3-28-19-11-9-18(10-12-19)24-14-16(13-20(24)25)22(27)29-15-21(26)23(2)17-7-5-4-6-8-17/h4-12,16H,3,13-15H2,1-2H3. The van der Waals surface area contributed by atoms with Crippen LogP contribution in [0.3, 0.4) is 0 Å². The third kappa shape index (κ3) is 4.93. The minimum absolute atomic E-state index is 0.0642. The van der Waals surface area contributed by atoms with E-state index in [1.807, 2.05) is 25.1 Å². The van der Waals surface area contributed by atoms with Gasteiger partial charge >= 0.3 is 5.97 Å². The molecule has 152 valence electrons. The van der Waals surface area contributed by atoms with Crippen LogP contribution in [0.1, 0.15) is 13.3 Å². The Morgan fingerprint density at radius 3 is 2.45 bits per heavy atom. The Labute approximate surface area is 169 Å². The summed E-state index contributed by atoms with van der Waals surface area (Å²) in [6.45, 7) is 2.33. The molecule has 0 bridgehead atoms. The Morgan fingerprint density at radius 2 is 1.79 bits per heavy atom. The highest BCUT2D eigenvalue weighted by Crippen LogP contribution is 2.27. The van der Waals surface area contributed by atoms with Crippen molar-refractivity contribution >= 4 is 29.2 Å². The average Bonchev–Trinajstić information content (AvgIpc) is 3.14. The van der Waals surface area contributed by atoms with E-state index in [1.165, 1.54) is 4.90 Å². The van der Waals surface area contributed by atoms with Gasteiger partial charge in [-0.1, -0.05) is 18.2 Å². The number of esters is 1. The highest BCUT2D eigenvalue weighted by molar-refractivity contribution is 6.00. The predicted octanol–water partition coefficient (Wildman–Crippen LogP) is 2.64. The molecule has 2 amide bonds. The summed E-state index contributed by atoms with van der Waals surface area (Å²) in [5.41, 5.74) is 1.42. The monoisotopic (exact) mass is 396 g/mol. The van der Waals surface area contributed by atoms with Crippen LogP contribution in [0.5, 0.6) is 5.75 Å². The molecular weight excluding hydrogens is 372 g/mol. The average molecular weight is 396 g/mol. The smallest absolute Gasteiger partial charge is 0.311 e. The van der Waals surface area contributed by atoms with Gasteiger partial charge < -0.3 is 19.3 Å². The van der Waals surface area contributed by atoms with Crippen molar-refractivity contribution in [1.29, 1.82) is 0 Å². The van der Waals surface area contributed by atoms with E-state index in [-0.39, 0.29) is 31.4 Å². The Hall–Kier alpha value is -3.35. The van der Waals surface area contributed by atoms with Gasteiger partial charge in [0.2, 0.25) is 5.91 Å². The second-order valence-electron chi connectivity index (χ2n) is 6.73. The highest BCUT2D eigenvalue weighted by Gasteiger charge is 2.36. The summed E-state index contributed by atoms with van der Waals surface area (Å²) in [5.74, 6) is -0.897. The lowest BCUT2D eigenvalue weighted by atomic mass is 10.1. The van der Waals surface area contributed by atoms with E-state index in [0.717, 1.165) is 5.75 Å². The Morgan fingerprint density at radius 1 is 1.10 bits per heavy atom. The fourth-order valence-electron chi connectivity index (χ4n) is 3.15. The van der Waals surface area contributed by atoms with Gasteiger partial charge in [0.1, 0.15) is 5.75 Å². The molecule has 29 heavy (non-hydrogen) atoms. The number of hydrogen-bond donors (Lipinski definition) is 0. The summed E-state index contributed by atoms with van der Waals surface area (Å²) in [5, 5.41) is 0. The number of amides is 2. The molecule has 1 atom stereocenters. The number of hydrogen-bond acceptors (Lipinski definition) is 5. The maximum absolute atomic E-state index is 12.4. The van der Waals surface area contributed by atoms with Gasteiger partial charge in [0.15, 0.2) is 6.61 Å². The molecule has 1 aliphatic rings. The molecule has 7 heteroatoms. The normalized spacial score (nSPS) is 15.9. The topological polar surface area (TPSA) is 76.2 Å². The number of anilines is 2. The molecule has 1 fully saturated rings. The first-order chi connectivity index (χ1) is 14.0. The molecule has 2 aromatic rings. The quantitative estimate of drug-likeness (QED) is 0.673. The van der Waals surface area contributed by atoms with Crippen LogP contribution in [0.25, 0.3) is 0 Å². The van der Waals surface area contributed by atoms with Crippen LogP contribution < -0.4 is 14.5 Å². The van der Waals surface area contributed by atoms with E-state index in [9.17, 15) is 14.4 Å². The van der Waals surface area contributed by atoms with Crippen molar-refractivity contribution in [3.63, 3.8) is 0 Å². The molecule has 1 unspecified atom stereocenters. The van der Waals surface area contributed by atoms with Gasteiger partial charge in [0.05, 0.1) is 12.5 Å². The van der Waals surface area contributed by atoms with Crippen LogP contribution in [-0.4, -0.2) is 44.6 Å². The Bertz CT molecular complexity index is 867. The van der Waals surface area contributed by atoms with Gasteiger partial charge in [0, 0.05) is 31.4 Å². The Kier molecular flexibility index (Phi) is 6.49. The molecule has 1 saturated heterocycles. The van der Waals surface area contributed by atoms with Crippen molar-refractivity contribution in [3.05, 3.63) is 54.6 Å². The minimum atomic E-state index is -0.594. The number of carbonyl (C=O) groups is 3. The lowest BCUT2D eigenvalue weighted by Crippen LogP contribution is -2.32.